The van der Waals surface area contributed by atoms with E-state index in [-0.39, 0.29) is 5.82 Å². The second-order valence-electron chi connectivity index (χ2n) is 5.25. The van der Waals surface area contributed by atoms with Gasteiger partial charge in [-0.1, -0.05) is 13.0 Å². The molecule has 0 spiro atoms. The molecule has 3 nitrogen and oxygen atoms in total. The van der Waals surface area contributed by atoms with Crippen LogP contribution >= 0.6 is 0 Å². The molecule has 1 saturated heterocycles. The average Bonchev–Trinajstić information content (AvgIpc) is 2.39. The summed E-state index contributed by atoms with van der Waals surface area (Å²) < 4.78 is 13.1. The van der Waals surface area contributed by atoms with Gasteiger partial charge < -0.3 is 10.0 Å². The van der Waals surface area contributed by atoms with Gasteiger partial charge in [0.1, 0.15) is 5.82 Å². The SMILES string of the molecule is CCN1CCN(CC(O)c2ccc(F)cc2C)CC1. The third-order valence-electron chi connectivity index (χ3n) is 3.93. The number of aryl methyl sites for hydroxylation is 1. The fourth-order valence-corrected chi connectivity index (χ4v) is 2.64. The highest BCUT2D eigenvalue weighted by Crippen LogP contribution is 2.20. The summed E-state index contributed by atoms with van der Waals surface area (Å²) in [6, 6.07) is 4.59. The van der Waals surface area contributed by atoms with Crippen molar-refractivity contribution in [3.8, 4) is 0 Å². The van der Waals surface area contributed by atoms with Crippen LogP contribution in [-0.4, -0.2) is 54.2 Å². The maximum atomic E-state index is 13.1. The van der Waals surface area contributed by atoms with Gasteiger partial charge in [-0.05, 0) is 36.7 Å². The van der Waals surface area contributed by atoms with Crippen molar-refractivity contribution in [1.29, 1.82) is 0 Å². The number of hydrogen-bond acceptors (Lipinski definition) is 3. The van der Waals surface area contributed by atoms with Crippen molar-refractivity contribution in [1.82, 2.24) is 9.80 Å². The van der Waals surface area contributed by atoms with E-state index in [0.29, 0.717) is 6.54 Å². The summed E-state index contributed by atoms with van der Waals surface area (Å²) in [7, 11) is 0. The molecule has 1 heterocycles. The van der Waals surface area contributed by atoms with Crippen LogP contribution in [0.3, 0.4) is 0 Å². The fourth-order valence-electron chi connectivity index (χ4n) is 2.64. The molecule has 1 aromatic carbocycles. The Kier molecular flexibility index (Phi) is 4.91. The number of benzene rings is 1. The van der Waals surface area contributed by atoms with Crippen LogP contribution in [-0.2, 0) is 0 Å². The highest BCUT2D eigenvalue weighted by atomic mass is 19.1. The number of hydrogen-bond donors (Lipinski definition) is 1. The first-order valence-electron chi connectivity index (χ1n) is 6.99. The molecule has 1 aliphatic rings. The normalized spacial score (nSPS) is 19.6. The molecule has 106 valence electrons. The third kappa shape index (κ3) is 3.75. The monoisotopic (exact) mass is 266 g/mol. The predicted molar refractivity (Wildman–Crippen MR) is 74.7 cm³/mol. The van der Waals surface area contributed by atoms with Gasteiger partial charge in [-0.3, -0.25) is 4.90 Å². The van der Waals surface area contributed by atoms with E-state index in [9.17, 15) is 9.50 Å². The fraction of sp³-hybridized carbons (Fsp3) is 0.600. The smallest absolute Gasteiger partial charge is 0.123 e. The van der Waals surface area contributed by atoms with Gasteiger partial charge in [-0.15, -0.1) is 0 Å². The Morgan fingerprint density at radius 1 is 1.21 bits per heavy atom. The van der Waals surface area contributed by atoms with Gasteiger partial charge in [0.05, 0.1) is 6.10 Å². The summed E-state index contributed by atoms with van der Waals surface area (Å²) in [5, 5.41) is 10.3. The molecule has 1 fully saturated rings. The average molecular weight is 266 g/mol. The van der Waals surface area contributed by atoms with Crippen molar-refractivity contribution < 1.29 is 9.50 Å². The number of aliphatic hydroxyl groups excluding tert-OH is 1. The number of aliphatic hydroxyl groups is 1. The topological polar surface area (TPSA) is 26.7 Å². The van der Waals surface area contributed by atoms with Crippen LogP contribution in [0.2, 0.25) is 0 Å². The van der Waals surface area contributed by atoms with Gasteiger partial charge in [0.25, 0.3) is 0 Å². The largest absolute Gasteiger partial charge is 0.387 e. The van der Waals surface area contributed by atoms with Gasteiger partial charge in [0, 0.05) is 32.7 Å². The molecule has 2 rings (SSSR count). The van der Waals surface area contributed by atoms with Crippen LogP contribution in [0, 0.1) is 12.7 Å². The van der Waals surface area contributed by atoms with Crippen molar-refractivity contribution in [2.75, 3.05) is 39.3 Å². The lowest BCUT2D eigenvalue weighted by molar-refractivity contribution is 0.0741. The summed E-state index contributed by atoms with van der Waals surface area (Å²) >= 11 is 0. The Morgan fingerprint density at radius 2 is 1.84 bits per heavy atom. The molecule has 0 bridgehead atoms. The molecule has 0 radical (unpaired) electrons. The second kappa shape index (κ2) is 6.46. The minimum absolute atomic E-state index is 0.245. The molecular formula is C15H23FN2O. The van der Waals surface area contributed by atoms with Crippen LogP contribution in [0.4, 0.5) is 4.39 Å². The second-order valence-corrected chi connectivity index (χ2v) is 5.25. The highest BCUT2D eigenvalue weighted by Gasteiger charge is 2.19. The summed E-state index contributed by atoms with van der Waals surface area (Å²) in [6.45, 7) is 9.84. The summed E-state index contributed by atoms with van der Waals surface area (Å²) in [5.41, 5.74) is 1.65. The minimum atomic E-state index is -0.534. The molecule has 1 aromatic rings. The Hall–Kier alpha value is -0.970. The summed E-state index contributed by atoms with van der Waals surface area (Å²) in [4.78, 5) is 4.69. The molecular weight excluding hydrogens is 243 g/mol. The molecule has 1 aliphatic heterocycles. The zero-order valence-corrected chi connectivity index (χ0v) is 11.8. The van der Waals surface area contributed by atoms with E-state index in [1.807, 2.05) is 6.92 Å². The van der Waals surface area contributed by atoms with Crippen LogP contribution in [0.15, 0.2) is 18.2 Å². The first-order chi connectivity index (χ1) is 9.10. The lowest BCUT2D eigenvalue weighted by atomic mass is 10.0. The predicted octanol–water partition coefficient (Wildman–Crippen LogP) is 1.81. The molecule has 0 aliphatic carbocycles. The van der Waals surface area contributed by atoms with Gasteiger partial charge in [0.2, 0.25) is 0 Å². The molecule has 1 unspecified atom stereocenters. The van der Waals surface area contributed by atoms with Crippen molar-refractivity contribution in [2.24, 2.45) is 0 Å². The van der Waals surface area contributed by atoms with Crippen LogP contribution in [0.5, 0.6) is 0 Å². The molecule has 0 saturated carbocycles. The van der Waals surface area contributed by atoms with E-state index in [4.69, 9.17) is 0 Å². The van der Waals surface area contributed by atoms with Crippen LogP contribution in [0.1, 0.15) is 24.2 Å². The maximum Gasteiger partial charge on any atom is 0.123 e. The minimum Gasteiger partial charge on any atom is -0.387 e. The summed E-state index contributed by atoms with van der Waals surface area (Å²) in [6.07, 6.45) is -0.534. The standard InChI is InChI=1S/C15H23FN2O/c1-3-17-6-8-18(9-7-17)11-15(19)14-5-4-13(16)10-12(14)2/h4-5,10,15,19H,3,6-9,11H2,1-2H3. The Bertz CT molecular complexity index is 417. The Balaban J connectivity index is 1.92. The highest BCUT2D eigenvalue weighted by molar-refractivity contribution is 5.28. The van der Waals surface area contributed by atoms with Gasteiger partial charge in [-0.25, -0.2) is 4.39 Å². The van der Waals surface area contributed by atoms with Crippen molar-refractivity contribution in [2.45, 2.75) is 20.0 Å². The van der Waals surface area contributed by atoms with Crippen LogP contribution < -0.4 is 0 Å². The number of rotatable bonds is 4. The van der Waals surface area contributed by atoms with Crippen molar-refractivity contribution in [3.05, 3.63) is 35.1 Å². The molecule has 0 aromatic heterocycles. The van der Waals surface area contributed by atoms with E-state index in [0.717, 1.165) is 43.9 Å². The lowest BCUT2D eigenvalue weighted by Crippen LogP contribution is -2.47. The number of likely N-dealkylation sites (N-methyl/N-ethyl adjacent to an activating group) is 1. The molecule has 4 heteroatoms. The first kappa shape index (κ1) is 14.4. The Morgan fingerprint density at radius 3 is 2.42 bits per heavy atom. The van der Waals surface area contributed by atoms with Crippen molar-refractivity contribution >= 4 is 0 Å². The van der Waals surface area contributed by atoms with E-state index < -0.39 is 6.10 Å². The summed E-state index contributed by atoms with van der Waals surface area (Å²) in [5.74, 6) is -0.245. The third-order valence-corrected chi connectivity index (χ3v) is 3.93. The van der Waals surface area contributed by atoms with Gasteiger partial charge in [0.15, 0.2) is 0 Å². The number of β-amino-alcohol motifs (C(OH)–C–C–N with tert-alkyl or cyclic N) is 1. The molecule has 1 atom stereocenters. The zero-order valence-electron chi connectivity index (χ0n) is 11.8. The van der Waals surface area contributed by atoms with E-state index >= 15 is 0 Å². The molecule has 0 amide bonds. The molecule has 19 heavy (non-hydrogen) atoms. The lowest BCUT2D eigenvalue weighted by Gasteiger charge is -2.35. The maximum absolute atomic E-state index is 13.1. The first-order valence-corrected chi connectivity index (χ1v) is 6.99. The van der Waals surface area contributed by atoms with Gasteiger partial charge >= 0.3 is 0 Å². The van der Waals surface area contributed by atoms with Crippen LogP contribution in [0.25, 0.3) is 0 Å². The van der Waals surface area contributed by atoms with E-state index in [1.54, 1.807) is 6.07 Å². The number of halogens is 1. The number of nitrogens with zero attached hydrogens (tertiary/aromatic N) is 2. The van der Waals surface area contributed by atoms with Gasteiger partial charge in [-0.2, -0.15) is 0 Å². The molecule has 1 N–H and O–H groups in total. The quantitative estimate of drug-likeness (QED) is 0.900. The van der Waals surface area contributed by atoms with E-state index in [2.05, 4.69) is 16.7 Å². The van der Waals surface area contributed by atoms with Crippen molar-refractivity contribution in [3.63, 3.8) is 0 Å². The Labute approximate surface area is 114 Å². The zero-order chi connectivity index (χ0) is 13.8. The number of piperazine rings is 1. The van der Waals surface area contributed by atoms with E-state index in [1.165, 1.54) is 12.1 Å².